The summed E-state index contributed by atoms with van der Waals surface area (Å²) in [7, 11) is 0. The van der Waals surface area contributed by atoms with Gasteiger partial charge >= 0.3 is 0 Å². The summed E-state index contributed by atoms with van der Waals surface area (Å²) in [5.41, 5.74) is 21.9. The first-order valence-electron chi connectivity index (χ1n) is 21.8. The van der Waals surface area contributed by atoms with Crippen LogP contribution in [-0.2, 0) is 5.41 Å². The van der Waals surface area contributed by atoms with Gasteiger partial charge in [0.1, 0.15) is 0 Å². The molecule has 61 heavy (non-hydrogen) atoms. The van der Waals surface area contributed by atoms with E-state index < -0.39 is 0 Å². The lowest BCUT2D eigenvalue weighted by molar-refractivity contribution is 0.591. The van der Waals surface area contributed by atoms with Gasteiger partial charge in [-0.3, -0.25) is 0 Å². The van der Waals surface area contributed by atoms with Crippen molar-refractivity contribution in [2.75, 3.05) is 14.7 Å². The van der Waals surface area contributed by atoms with Crippen molar-refractivity contribution in [1.29, 1.82) is 0 Å². The molecule has 1 heterocycles. The third-order valence-electron chi connectivity index (χ3n) is 13.6. The number of nitrogens with zero attached hydrogens (tertiary/aromatic N) is 3. The van der Waals surface area contributed by atoms with Crippen molar-refractivity contribution in [3.63, 3.8) is 0 Å². The Labute approximate surface area is 361 Å². The predicted octanol–water partition coefficient (Wildman–Crippen LogP) is 17.1. The molecule has 3 nitrogen and oxygen atoms in total. The quantitative estimate of drug-likeness (QED) is 0.165. The maximum atomic E-state index is 2.56. The van der Waals surface area contributed by atoms with Crippen LogP contribution in [0.2, 0.25) is 0 Å². The van der Waals surface area contributed by atoms with E-state index in [1.165, 1.54) is 105 Å². The molecule has 0 aromatic heterocycles. The highest BCUT2D eigenvalue weighted by Gasteiger charge is 2.31. The number of benzene rings is 9. The Morgan fingerprint density at radius 2 is 0.754 bits per heavy atom. The molecule has 0 fully saturated rings. The summed E-state index contributed by atoms with van der Waals surface area (Å²) in [6.07, 6.45) is 0. The largest absolute Gasteiger partial charge is 0.310 e. The Morgan fingerprint density at radius 1 is 0.328 bits per heavy atom. The van der Waals surface area contributed by atoms with Gasteiger partial charge in [-0.1, -0.05) is 98.6 Å². The van der Waals surface area contributed by atoms with Crippen LogP contribution in [0.4, 0.5) is 51.2 Å². The Bertz CT molecular complexity index is 3040. The summed E-state index contributed by atoms with van der Waals surface area (Å²) in [6.45, 7) is 25.4. The summed E-state index contributed by atoms with van der Waals surface area (Å²) in [5.74, 6) is 0. The number of anilines is 9. The lowest BCUT2D eigenvalue weighted by Crippen LogP contribution is -2.19. The van der Waals surface area contributed by atoms with Crippen molar-refractivity contribution < 1.29 is 0 Å². The van der Waals surface area contributed by atoms with Gasteiger partial charge in [-0.25, -0.2) is 0 Å². The van der Waals surface area contributed by atoms with E-state index >= 15 is 0 Å². The molecule has 1 aliphatic heterocycles. The van der Waals surface area contributed by atoms with Crippen molar-refractivity contribution >= 4 is 83.5 Å². The van der Waals surface area contributed by atoms with Gasteiger partial charge in [-0.05, 0) is 183 Å². The smallest absolute Gasteiger partial charge is 0.0564 e. The summed E-state index contributed by atoms with van der Waals surface area (Å²) >= 11 is 0. The third-order valence-corrected chi connectivity index (χ3v) is 13.6. The van der Waals surface area contributed by atoms with Crippen LogP contribution < -0.4 is 14.7 Å². The first-order valence-corrected chi connectivity index (χ1v) is 21.8. The van der Waals surface area contributed by atoms with Gasteiger partial charge in [0.05, 0.1) is 11.4 Å². The van der Waals surface area contributed by atoms with Crippen LogP contribution in [0.25, 0.3) is 32.3 Å². The highest BCUT2D eigenvalue weighted by atomic mass is 15.2. The molecule has 1 aliphatic rings. The molecule has 302 valence electrons. The zero-order valence-corrected chi connectivity index (χ0v) is 37.5. The van der Waals surface area contributed by atoms with Gasteiger partial charge < -0.3 is 14.7 Å². The number of para-hydroxylation sites is 1. The van der Waals surface area contributed by atoms with E-state index in [9.17, 15) is 0 Å². The molecule has 9 aromatic rings. The normalized spacial score (nSPS) is 13.1. The van der Waals surface area contributed by atoms with E-state index in [2.05, 4.69) is 224 Å². The fraction of sp³-hybridized carbons (Fsp3) is 0.207. The fourth-order valence-corrected chi connectivity index (χ4v) is 10.2. The van der Waals surface area contributed by atoms with Gasteiger partial charge in [0.25, 0.3) is 0 Å². The maximum absolute atomic E-state index is 2.56. The number of hydrogen-bond acceptors (Lipinski definition) is 3. The molecule has 0 N–H and O–H groups in total. The highest BCUT2D eigenvalue weighted by molar-refractivity contribution is 6.32. The minimum Gasteiger partial charge on any atom is -0.310 e. The molecule has 10 rings (SSSR count). The van der Waals surface area contributed by atoms with Crippen molar-refractivity contribution in [2.45, 2.75) is 81.6 Å². The molecule has 0 saturated heterocycles. The zero-order chi connectivity index (χ0) is 42.6. The monoisotopic (exact) mass is 793 g/mol. The summed E-state index contributed by atoms with van der Waals surface area (Å²) in [4.78, 5) is 7.52. The minimum absolute atomic E-state index is 0.00157. The molecule has 0 atom stereocenters. The Morgan fingerprint density at radius 3 is 1.18 bits per heavy atom. The highest BCUT2D eigenvalue weighted by Crippen LogP contribution is 2.55. The van der Waals surface area contributed by atoms with E-state index in [0.717, 1.165) is 28.4 Å². The lowest BCUT2D eigenvalue weighted by Gasteiger charge is -2.37. The average molecular weight is 794 g/mol. The number of fused-ring (bicyclic) bond motifs is 8. The van der Waals surface area contributed by atoms with E-state index in [4.69, 9.17) is 0 Å². The van der Waals surface area contributed by atoms with Crippen LogP contribution in [-0.4, -0.2) is 0 Å². The van der Waals surface area contributed by atoms with Crippen LogP contribution in [0.5, 0.6) is 0 Å². The molecule has 0 spiro atoms. The molecule has 0 aliphatic carbocycles. The number of rotatable bonds is 3. The van der Waals surface area contributed by atoms with Gasteiger partial charge in [0.15, 0.2) is 0 Å². The molecule has 0 amide bonds. The lowest BCUT2D eigenvalue weighted by atomic mass is 9.78. The molecule has 0 unspecified atom stereocenters. The second-order valence-corrected chi connectivity index (χ2v) is 18.7. The summed E-state index contributed by atoms with van der Waals surface area (Å²) in [6, 6.07) is 50.5. The molecular formula is C58H55N3. The Hall–Kier alpha value is -6.58. The maximum Gasteiger partial charge on any atom is 0.0564 e. The van der Waals surface area contributed by atoms with E-state index in [-0.39, 0.29) is 5.41 Å². The second kappa shape index (κ2) is 14.0. The van der Waals surface area contributed by atoms with Crippen molar-refractivity contribution in [2.24, 2.45) is 0 Å². The molecule has 9 aromatic carbocycles. The summed E-state index contributed by atoms with van der Waals surface area (Å²) < 4.78 is 0. The molecule has 0 saturated carbocycles. The zero-order valence-electron chi connectivity index (χ0n) is 37.5. The van der Waals surface area contributed by atoms with Crippen LogP contribution >= 0.6 is 0 Å². The molecule has 6 bridgehead atoms. The van der Waals surface area contributed by atoms with Crippen LogP contribution in [0, 0.1) is 55.4 Å². The molecule has 3 heteroatoms. The van der Waals surface area contributed by atoms with E-state index in [1.54, 1.807) is 0 Å². The van der Waals surface area contributed by atoms with E-state index in [0.29, 0.717) is 0 Å². The fourth-order valence-electron chi connectivity index (χ4n) is 10.2. The number of aryl methyl sites for hydroxylation is 8. The summed E-state index contributed by atoms with van der Waals surface area (Å²) in [5, 5.41) is 8.00. The van der Waals surface area contributed by atoms with E-state index in [1.807, 2.05) is 0 Å². The first kappa shape index (κ1) is 38.6. The number of hydrogen-bond donors (Lipinski definition) is 0. The van der Waals surface area contributed by atoms with Gasteiger partial charge in [0, 0.05) is 56.0 Å². The van der Waals surface area contributed by atoms with Gasteiger partial charge in [-0.2, -0.15) is 0 Å². The predicted molar refractivity (Wildman–Crippen MR) is 264 cm³/mol. The first-order chi connectivity index (χ1) is 29.2. The Kier molecular flexibility index (Phi) is 8.86. The molecular weight excluding hydrogens is 739 g/mol. The Balaban J connectivity index is 1.48. The van der Waals surface area contributed by atoms with Crippen molar-refractivity contribution in [1.82, 2.24) is 0 Å². The minimum atomic E-state index is -0.00157. The third kappa shape index (κ3) is 6.00. The van der Waals surface area contributed by atoms with Gasteiger partial charge in [-0.15, -0.1) is 0 Å². The SMILES string of the molecule is Cc1ccc(N2c3cccc(c3)N(c3ccccc3)c3cccc(c3)N(c3ccc(C)cc3C)c3cc2c2c(C)c(C)c4cc(C(C)(C)C)cc5c(C)c(C)c3c2c45)c(C)c1. The second-order valence-electron chi connectivity index (χ2n) is 18.7. The standard InChI is InChI=1S/C58H55N3/c1-34-23-25-50(36(3)27-34)60-46-21-15-19-44(31-46)59(43-17-13-12-14-18-43)45-20-16-22-47(32-45)61(51-26-24-35(2)28-37(51)4)53-33-52(60)54-40(7)38(5)48-29-42(58(9,10)11)30-49-39(6)41(8)55(53)57(54)56(48)49/h12-33H,1-11H3. The van der Waals surface area contributed by atoms with Crippen LogP contribution in [0.3, 0.4) is 0 Å². The van der Waals surface area contributed by atoms with Crippen LogP contribution in [0.15, 0.2) is 133 Å². The molecule has 0 radical (unpaired) electrons. The topological polar surface area (TPSA) is 9.72 Å². The van der Waals surface area contributed by atoms with Crippen LogP contribution in [0.1, 0.15) is 70.8 Å². The average Bonchev–Trinajstić information content (AvgIpc) is 3.23. The van der Waals surface area contributed by atoms with Gasteiger partial charge in [0.2, 0.25) is 0 Å². The van der Waals surface area contributed by atoms with Crippen molar-refractivity contribution in [3.05, 3.63) is 184 Å². The van der Waals surface area contributed by atoms with Crippen molar-refractivity contribution in [3.8, 4) is 0 Å².